The van der Waals surface area contributed by atoms with E-state index in [-0.39, 0.29) is 5.91 Å². The van der Waals surface area contributed by atoms with Crippen molar-refractivity contribution in [2.45, 2.75) is 26.7 Å². The quantitative estimate of drug-likeness (QED) is 0.717. The van der Waals surface area contributed by atoms with Crippen molar-refractivity contribution in [2.75, 3.05) is 13.6 Å². The number of carbonyl (C=O) groups excluding carboxylic acids is 1. The Hall–Kier alpha value is -1.64. The summed E-state index contributed by atoms with van der Waals surface area (Å²) in [5, 5.41) is 0. The van der Waals surface area contributed by atoms with Gasteiger partial charge in [0.25, 0.3) is 5.91 Å². The van der Waals surface area contributed by atoms with Crippen LogP contribution in [-0.4, -0.2) is 30.6 Å². The summed E-state index contributed by atoms with van der Waals surface area (Å²) in [6, 6.07) is 7.45. The molecule has 3 heteroatoms. The number of rotatable bonds is 5. The highest BCUT2D eigenvalue weighted by Crippen LogP contribution is 2.19. The van der Waals surface area contributed by atoms with Gasteiger partial charge in [0.15, 0.2) is 0 Å². The van der Waals surface area contributed by atoms with E-state index in [2.05, 4.69) is 11.9 Å². The van der Waals surface area contributed by atoms with Crippen molar-refractivity contribution >= 4 is 17.8 Å². The predicted molar refractivity (Wildman–Crippen MR) is 72.1 cm³/mol. The Labute approximate surface area is 103 Å². The maximum absolute atomic E-state index is 12.2. The van der Waals surface area contributed by atoms with Crippen LogP contribution in [0, 0.1) is 0 Å². The first-order valence-electron chi connectivity index (χ1n) is 6.03. The van der Waals surface area contributed by atoms with E-state index in [0.29, 0.717) is 5.56 Å². The zero-order valence-corrected chi connectivity index (χ0v) is 10.8. The highest BCUT2D eigenvalue weighted by Gasteiger charge is 2.14. The lowest BCUT2D eigenvalue weighted by molar-refractivity contribution is 0.0794. The number of unbranched alkanes of at least 4 members (excludes halogenated alkanes) is 1. The van der Waals surface area contributed by atoms with E-state index in [1.807, 2.05) is 38.2 Å². The zero-order valence-electron chi connectivity index (χ0n) is 10.8. The van der Waals surface area contributed by atoms with E-state index in [1.165, 1.54) is 0 Å². The molecule has 0 aromatic heterocycles. The summed E-state index contributed by atoms with van der Waals surface area (Å²) >= 11 is 0. The normalized spacial score (nSPS) is 10.8. The third-order valence-corrected chi connectivity index (χ3v) is 2.60. The summed E-state index contributed by atoms with van der Waals surface area (Å²) in [6.45, 7) is 4.76. The van der Waals surface area contributed by atoms with Crippen molar-refractivity contribution < 1.29 is 4.79 Å². The first kappa shape index (κ1) is 13.4. The summed E-state index contributed by atoms with van der Waals surface area (Å²) in [6.07, 6.45) is 3.83. The molecule has 1 amide bonds. The Morgan fingerprint density at radius 1 is 1.41 bits per heavy atom. The van der Waals surface area contributed by atoms with Crippen LogP contribution < -0.4 is 0 Å². The van der Waals surface area contributed by atoms with Gasteiger partial charge >= 0.3 is 0 Å². The zero-order chi connectivity index (χ0) is 12.7. The summed E-state index contributed by atoms with van der Waals surface area (Å²) in [4.78, 5) is 18.2. The van der Waals surface area contributed by atoms with Gasteiger partial charge in [-0.15, -0.1) is 0 Å². The average molecular weight is 232 g/mol. The van der Waals surface area contributed by atoms with Crippen LogP contribution in [-0.2, 0) is 0 Å². The van der Waals surface area contributed by atoms with Crippen LogP contribution in [0.1, 0.15) is 37.0 Å². The minimum atomic E-state index is 0.0413. The van der Waals surface area contributed by atoms with Gasteiger partial charge in [0.2, 0.25) is 0 Å². The second-order valence-corrected chi connectivity index (χ2v) is 3.98. The van der Waals surface area contributed by atoms with Crippen LogP contribution in [0.25, 0.3) is 0 Å². The number of aliphatic imine (C=N–C) groups is 1. The Kier molecular flexibility index (Phi) is 5.40. The molecule has 0 aliphatic heterocycles. The molecule has 0 aliphatic rings. The van der Waals surface area contributed by atoms with Crippen LogP contribution in [0.3, 0.4) is 0 Å². The number of nitrogens with zero attached hydrogens (tertiary/aromatic N) is 2. The smallest absolute Gasteiger partial charge is 0.255 e. The standard InChI is InChI=1S/C14H20N2O/c1-4-6-11-16(3)14(17)12-9-7-8-10-13(12)15-5-2/h5,7-10H,4,6,11H2,1-3H3. The van der Waals surface area contributed by atoms with Crippen LogP contribution in [0.4, 0.5) is 5.69 Å². The molecule has 17 heavy (non-hydrogen) atoms. The first-order valence-corrected chi connectivity index (χ1v) is 6.03. The predicted octanol–water partition coefficient (Wildman–Crippen LogP) is 3.28. The molecule has 0 bridgehead atoms. The Morgan fingerprint density at radius 2 is 2.12 bits per heavy atom. The van der Waals surface area contributed by atoms with Gasteiger partial charge in [-0.1, -0.05) is 25.5 Å². The van der Waals surface area contributed by atoms with Crippen LogP contribution >= 0.6 is 0 Å². The number of carbonyl (C=O) groups is 1. The van der Waals surface area contributed by atoms with E-state index < -0.39 is 0 Å². The van der Waals surface area contributed by atoms with Gasteiger partial charge < -0.3 is 4.90 Å². The summed E-state index contributed by atoms with van der Waals surface area (Å²) in [7, 11) is 1.84. The fourth-order valence-corrected chi connectivity index (χ4v) is 1.61. The van der Waals surface area contributed by atoms with Crippen molar-refractivity contribution in [3.63, 3.8) is 0 Å². The summed E-state index contributed by atoms with van der Waals surface area (Å²) in [5.74, 6) is 0.0413. The largest absolute Gasteiger partial charge is 0.342 e. The van der Waals surface area contributed by atoms with E-state index in [9.17, 15) is 4.79 Å². The van der Waals surface area contributed by atoms with E-state index >= 15 is 0 Å². The topological polar surface area (TPSA) is 32.7 Å². The number of para-hydroxylation sites is 1. The first-order chi connectivity index (χ1) is 8.20. The Morgan fingerprint density at radius 3 is 2.76 bits per heavy atom. The SMILES string of the molecule is CC=Nc1ccccc1C(=O)N(C)CCCC. The monoisotopic (exact) mass is 232 g/mol. The number of benzene rings is 1. The molecule has 1 rings (SSSR count). The minimum absolute atomic E-state index is 0.0413. The van der Waals surface area contributed by atoms with Crippen LogP contribution in [0.15, 0.2) is 29.3 Å². The van der Waals surface area contributed by atoms with E-state index in [0.717, 1.165) is 25.1 Å². The molecular weight excluding hydrogens is 212 g/mol. The number of amides is 1. The lowest BCUT2D eigenvalue weighted by Gasteiger charge is -2.17. The molecule has 3 nitrogen and oxygen atoms in total. The Balaban J connectivity index is 2.87. The molecule has 1 aromatic rings. The minimum Gasteiger partial charge on any atom is -0.342 e. The molecule has 0 atom stereocenters. The van der Waals surface area contributed by atoms with E-state index in [4.69, 9.17) is 0 Å². The molecular formula is C14H20N2O. The molecule has 92 valence electrons. The average Bonchev–Trinajstić information content (AvgIpc) is 2.36. The maximum Gasteiger partial charge on any atom is 0.255 e. The van der Waals surface area contributed by atoms with Gasteiger partial charge in [-0.05, 0) is 25.5 Å². The second kappa shape index (κ2) is 6.84. The highest BCUT2D eigenvalue weighted by atomic mass is 16.2. The molecule has 0 N–H and O–H groups in total. The lowest BCUT2D eigenvalue weighted by Crippen LogP contribution is -2.27. The number of hydrogen-bond acceptors (Lipinski definition) is 2. The molecule has 1 aromatic carbocycles. The van der Waals surface area contributed by atoms with Gasteiger partial charge in [-0.2, -0.15) is 0 Å². The number of hydrogen-bond donors (Lipinski definition) is 0. The van der Waals surface area contributed by atoms with Gasteiger partial charge in [0.05, 0.1) is 11.3 Å². The molecule has 0 spiro atoms. The Bertz CT molecular complexity index is 399. The maximum atomic E-state index is 12.2. The van der Waals surface area contributed by atoms with Crippen molar-refractivity contribution in [1.29, 1.82) is 0 Å². The molecule has 0 aliphatic carbocycles. The van der Waals surface area contributed by atoms with Crippen molar-refractivity contribution in [3.8, 4) is 0 Å². The van der Waals surface area contributed by atoms with Crippen molar-refractivity contribution in [2.24, 2.45) is 4.99 Å². The van der Waals surface area contributed by atoms with Gasteiger partial charge in [0.1, 0.15) is 0 Å². The summed E-state index contributed by atoms with van der Waals surface area (Å²) in [5.41, 5.74) is 1.41. The van der Waals surface area contributed by atoms with Crippen LogP contribution in [0.2, 0.25) is 0 Å². The lowest BCUT2D eigenvalue weighted by atomic mass is 10.1. The van der Waals surface area contributed by atoms with Gasteiger partial charge in [0, 0.05) is 19.8 Å². The van der Waals surface area contributed by atoms with Gasteiger partial charge in [-0.3, -0.25) is 9.79 Å². The molecule has 0 saturated heterocycles. The third kappa shape index (κ3) is 3.70. The fourth-order valence-electron chi connectivity index (χ4n) is 1.61. The van der Waals surface area contributed by atoms with Crippen molar-refractivity contribution in [3.05, 3.63) is 29.8 Å². The second-order valence-electron chi connectivity index (χ2n) is 3.98. The highest BCUT2D eigenvalue weighted by molar-refractivity contribution is 5.99. The van der Waals surface area contributed by atoms with E-state index in [1.54, 1.807) is 11.1 Å². The molecule has 0 unspecified atom stereocenters. The van der Waals surface area contributed by atoms with Gasteiger partial charge in [-0.25, -0.2) is 0 Å². The molecule has 0 saturated carbocycles. The van der Waals surface area contributed by atoms with Crippen LogP contribution in [0.5, 0.6) is 0 Å². The molecule has 0 fully saturated rings. The summed E-state index contributed by atoms with van der Waals surface area (Å²) < 4.78 is 0. The molecule has 0 heterocycles. The third-order valence-electron chi connectivity index (χ3n) is 2.60. The fraction of sp³-hybridized carbons (Fsp3) is 0.429. The molecule has 0 radical (unpaired) electrons. The van der Waals surface area contributed by atoms with Crippen molar-refractivity contribution in [1.82, 2.24) is 4.90 Å².